The molecule has 0 aliphatic rings. The van der Waals surface area contributed by atoms with Crippen molar-refractivity contribution in [1.82, 2.24) is 10.6 Å². The fourth-order valence-electron chi connectivity index (χ4n) is 1.79. The van der Waals surface area contributed by atoms with Gasteiger partial charge in [0.15, 0.2) is 0 Å². The van der Waals surface area contributed by atoms with E-state index in [1.54, 1.807) is 7.11 Å². The van der Waals surface area contributed by atoms with Crippen LogP contribution in [0.5, 0.6) is 5.75 Å². The SMILES string of the molecule is COc1ccc(C(C)(C)CNC(=O)NCCC(=O)O)cc1. The molecule has 0 spiro atoms. The van der Waals surface area contributed by atoms with Crippen molar-refractivity contribution < 1.29 is 19.4 Å². The van der Waals surface area contributed by atoms with Crippen LogP contribution in [-0.2, 0) is 10.2 Å². The average molecular weight is 294 g/mol. The number of ether oxygens (including phenoxy) is 1. The lowest BCUT2D eigenvalue weighted by molar-refractivity contribution is -0.136. The Hall–Kier alpha value is -2.24. The van der Waals surface area contributed by atoms with Crippen LogP contribution in [0.1, 0.15) is 25.8 Å². The maximum absolute atomic E-state index is 11.6. The van der Waals surface area contributed by atoms with Crippen molar-refractivity contribution in [3.8, 4) is 5.75 Å². The number of carboxylic acid groups (broad SMARTS) is 1. The van der Waals surface area contributed by atoms with E-state index in [-0.39, 0.29) is 24.4 Å². The number of methoxy groups -OCH3 is 1. The van der Waals surface area contributed by atoms with Gasteiger partial charge in [0.1, 0.15) is 5.75 Å². The van der Waals surface area contributed by atoms with E-state index in [1.165, 1.54) is 0 Å². The number of hydrogen-bond acceptors (Lipinski definition) is 3. The molecule has 6 nitrogen and oxygen atoms in total. The second kappa shape index (κ2) is 7.52. The number of nitrogens with one attached hydrogen (secondary N) is 2. The Bertz CT molecular complexity index is 483. The first-order chi connectivity index (χ1) is 9.85. The third-order valence-corrected chi connectivity index (χ3v) is 3.19. The summed E-state index contributed by atoms with van der Waals surface area (Å²) in [5.41, 5.74) is 0.838. The molecular weight excluding hydrogens is 272 g/mol. The highest BCUT2D eigenvalue weighted by Crippen LogP contribution is 2.24. The molecule has 116 valence electrons. The Morgan fingerprint density at radius 2 is 1.81 bits per heavy atom. The summed E-state index contributed by atoms with van der Waals surface area (Å²) in [5.74, 6) is -0.150. The first kappa shape index (κ1) is 16.8. The molecule has 0 saturated carbocycles. The molecule has 0 aliphatic heterocycles. The van der Waals surface area contributed by atoms with Crippen molar-refractivity contribution >= 4 is 12.0 Å². The van der Waals surface area contributed by atoms with Gasteiger partial charge in [0.05, 0.1) is 13.5 Å². The zero-order chi connectivity index (χ0) is 15.9. The van der Waals surface area contributed by atoms with E-state index < -0.39 is 5.97 Å². The third kappa shape index (κ3) is 5.72. The minimum atomic E-state index is -0.936. The molecule has 0 radical (unpaired) electrons. The van der Waals surface area contributed by atoms with Crippen LogP contribution in [0.2, 0.25) is 0 Å². The number of carbonyl (C=O) groups excluding carboxylic acids is 1. The predicted octanol–water partition coefficient (Wildman–Crippen LogP) is 1.75. The van der Waals surface area contributed by atoms with Crippen LogP contribution in [0.4, 0.5) is 4.79 Å². The lowest BCUT2D eigenvalue weighted by atomic mass is 9.84. The molecule has 0 heterocycles. The highest BCUT2D eigenvalue weighted by molar-refractivity contribution is 5.75. The van der Waals surface area contributed by atoms with Gasteiger partial charge < -0.3 is 20.5 Å². The number of aliphatic carboxylic acids is 1. The molecule has 2 amide bonds. The minimum absolute atomic E-state index is 0.0880. The summed E-state index contributed by atoms with van der Waals surface area (Å²) in [4.78, 5) is 21.9. The van der Waals surface area contributed by atoms with Crippen LogP contribution < -0.4 is 15.4 Å². The first-order valence-electron chi connectivity index (χ1n) is 6.73. The second-order valence-corrected chi connectivity index (χ2v) is 5.37. The van der Waals surface area contributed by atoms with Gasteiger partial charge in [-0.1, -0.05) is 26.0 Å². The molecule has 0 bridgehead atoms. The van der Waals surface area contributed by atoms with Crippen LogP contribution >= 0.6 is 0 Å². The largest absolute Gasteiger partial charge is 0.497 e. The van der Waals surface area contributed by atoms with Crippen molar-refractivity contribution in [2.75, 3.05) is 20.2 Å². The highest BCUT2D eigenvalue weighted by Gasteiger charge is 2.21. The van der Waals surface area contributed by atoms with Crippen molar-refractivity contribution in [2.45, 2.75) is 25.7 Å². The third-order valence-electron chi connectivity index (χ3n) is 3.19. The molecule has 3 N–H and O–H groups in total. The molecular formula is C15H22N2O4. The van der Waals surface area contributed by atoms with E-state index >= 15 is 0 Å². The molecule has 0 saturated heterocycles. The zero-order valence-corrected chi connectivity index (χ0v) is 12.6. The molecule has 21 heavy (non-hydrogen) atoms. The Labute approximate surface area is 124 Å². The second-order valence-electron chi connectivity index (χ2n) is 5.37. The summed E-state index contributed by atoms with van der Waals surface area (Å²) >= 11 is 0. The van der Waals surface area contributed by atoms with Gasteiger partial charge in [-0.05, 0) is 17.7 Å². The maximum Gasteiger partial charge on any atom is 0.314 e. The van der Waals surface area contributed by atoms with E-state index in [2.05, 4.69) is 10.6 Å². The van der Waals surface area contributed by atoms with Crippen LogP contribution in [0, 0.1) is 0 Å². The maximum atomic E-state index is 11.6. The van der Waals surface area contributed by atoms with E-state index in [9.17, 15) is 9.59 Å². The van der Waals surface area contributed by atoms with Gasteiger partial charge in [-0.25, -0.2) is 4.79 Å². The number of benzene rings is 1. The highest BCUT2D eigenvalue weighted by atomic mass is 16.5. The average Bonchev–Trinajstić information content (AvgIpc) is 2.45. The molecule has 0 aliphatic carbocycles. The van der Waals surface area contributed by atoms with E-state index in [0.29, 0.717) is 6.54 Å². The zero-order valence-electron chi connectivity index (χ0n) is 12.6. The number of carboxylic acids is 1. The summed E-state index contributed by atoms with van der Waals surface area (Å²) < 4.78 is 5.12. The van der Waals surface area contributed by atoms with Crippen molar-refractivity contribution in [3.05, 3.63) is 29.8 Å². The van der Waals surface area contributed by atoms with Crippen LogP contribution in [0.25, 0.3) is 0 Å². The van der Waals surface area contributed by atoms with Crippen molar-refractivity contribution in [3.63, 3.8) is 0 Å². The molecule has 0 aromatic heterocycles. The van der Waals surface area contributed by atoms with Gasteiger partial charge in [0.25, 0.3) is 0 Å². The molecule has 6 heteroatoms. The predicted molar refractivity (Wildman–Crippen MR) is 79.7 cm³/mol. The Morgan fingerprint density at radius 3 is 2.33 bits per heavy atom. The quantitative estimate of drug-likeness (QED) is 0.715. The van der Waals surface area contributed by atoms with Gasteiger partial charge in [-0.3, -0.25) is 4.79 Å². The Kier molecular flexibility index (Phi) is 6.02. The number of rotatable bonds is 7. The smallest absolute Gasteiger partial charge is 0.314 e. The summed E-state index contributed by atoms with van der Waals surface area (Å²) in [6.45, 7) is 4.60. The molecule has 0 fully saturated rings. The number of hydrogen-bond donors (Lipinski definition) is 3. The van der Waals surface area contributed by atoms with Gasteiger partial charge >= 0.3 is 12.0 Å². The van der Waals surface area contributed by atoms with Crippen molar-refractivity contribution in [2.24, 2.45) is 0 Å². The number of carbonyl (C=O) groups is 2. The summed E-state index contributed by atoms with van der Waals surface area (Å²) in [5, 5.41) is 13.7. The lowest BCUT2D eigenvalue weighted by Gasteiger charge is -2.26. The monoisotopic (exact) mass is 294 g/mol. The normalized spacial score (nSPS) is 10.8. The summed E-state index contributed by atoms with van der Waals surface area (Å²) in [6, 6.07) is 7.32. The van der Waals surface area contributed by atoms with Crippen LogP contribution in [0.3, 0.4) is 0 Å². The van der Waals surface area contributed by atoms with E-state index in [1.807, 2.05) is 38.1 Å². The fraction of sp³-hybridized carbons (Fsp3) is 0.467. The topological polar surface area (TPSA) is 87.7 Å². The number of amides is 2. The summed E-state index contributed by atoms with van der Waals surface area (Å²) in [7, 11) is 1.61. The lowest BCUT2D eigenvalue weighted by Crippen LogP contribution is -2.42. The molecule has 0 unspecified atom stereocenters. The van der Waals surface area contributed by atoms with Gasteiger partial charge in [-0.15, -0.1) is 0 Å². The number of urea groups is 1. The molecule has 0 atom stereocenters. The molecule has 1 aromatic carbocycles. The van der Waals surface area contributed by atoms with Gasteiger partial charge in [0.2, 0.25) is 0 Å². The fourth-order valence-corrected chi connectivity index (χ4v) is 1.79. The first-order valence-corrected chi connectivity index (χ1v) is 6.73. The van der Waals surface area contributed by atoms with Crippen LogP contribution in [-0.4, -0.2) is 37.3 Å². The Balaban J connectivity index is 2.47. The van der Waals surface area contributed by atoms with Gasteiger partial charge in [-0.2, -0.15) is 0 Å². The summed E-state index contributed by atoms with van der Waals surface area (Å²) in [6.07, 6.45) is -0.0880. The molecule has 1 rings (SSSR count). The van der Waals surface area contributed by atoms with Crippen LogP contribution in [0.15, 0.2) is 24.3 Å². The van der Waals surface area contributed by atoms with E-state index in [0.717, 1.165) is 11.3 Å². The van der Waals surface area contributed by atoms with E-state index in [4.69, 9.17) is 9.84 Å². The standard InChI is InChI=1S/C15H22N2O4/c1-15(2,11-4-6-12(21-3)7-5-11)10-17-14(20)16-9-8-13(18)19/h4-7H,8-10H2,1-3H3,(H,18,19)(H2,16,17,20). The molecule has 1 aromatic rings. The van der Waals surface area contributed by atoms with Crippen molar-refractivity contribution in [1.29, 1.82) is 0 Å². The minimum Gasteiger partial charge on any atom is -0.497 e. The Morgan fingerprint density at radius 1 is 1.19 bits per heavy atom. The van der Waals surface area contributed by atoms with Gasteiger partial charge in [0, 0.05) is 18.5 Å².